The molecule has 1 rings (SSSR count). The zero-order valence-electron chi connectivity index (χ0n) is 11.9. The number of amides is 1. The molecule has 0 atom stereocenters. The maximum Gasteiger partial charge on any atom is 0.325 e. The molecule has 0 aromatic heterocycles. The number of nitrogens with zero attached hydrogens (tertiary/aromatic N) is 1. The van der Waals surface area contributed by atoms with Crippen molar-refractivity contribution in [3.05, 3.63) is 53.6 Å². The molecule has 0 fully saturated rings. The minimum absolute atomic E-state index is 0.0986. The van der Waals surface area contributed by atoms with E-state index in [4.69, 9.17) is 16.3 Å². The molecule has 0 heterocycles. The van der Waals surface area contributed by atoms with Crippen molar-refractivity contribution in [1.82, 2.24) is 4.90 Å². The van der Waals surface area contributed by atoms with Crippen molar-refractivity contribution in [2.75, 3.05) is 19.7 Å². The number of hydrogen-bond donors (Lipinski definition) is 0. The molecule has 0 aliphatic heterocycles. The quantitative estimate of drug-likeness (QED) is 0.442. The van der Waals surface area contributed by atoms with Crippen LogP contribution in [-0.2, 0) is 14.3 Å². The van der Waals surface area contributed by atoms with Gasteiger partial charge in [-0.15, -0.1) is 6.58 Å². The molecule has 4 nitrogen and oxygen atoms in total. The van der Waals surface area contributed by atoms with E-state index < -0.39 is 5.97 Å². The molecule has 5 heteroatoms. The highest BCUT2D eigenvalue weighted by atomic mass is 35.5. The third kappa shape index (κ3) is 6.27. The summed E-state index contributed by atoms with van der Waals surface area (Å²) in [6.07, 6.45) is 4.61. The van der Waals surface area contributed by atoms with Gasteiger partial charge in [0.15, 0.2) is 0 Å². The second-order valence-electron chi connectivity index (χ2n) is 4.20. The topological polar surface area (TPSA) is 46.6 Å². The number of halogens is 1. The van der Waals surface area contributed by atoms with Gasteiger partial charge in [-0.1, -0.05) is 29.8 Å². The summed E-state index contributed by atoms with van der Waals surface area (Å²) in [5, 5.41) is 0.596. The Bertz CT molecular complexity index is 540. The summed E-state index contributed by atoms with van der Waals surface area (Å²) in [4.78, 5) is 24.9. The summed E-state index contributed by atoms with van der Waals surface area (Å²) < 4.78 is 4.84. The molecule has 0 radical (unpaired) electrons. The van der Waals surface area contributed by atoms with Gasteiger partial charge in [0.05, 0.1) is 6.61 Å². The molecule has 1 amide bonds. The first-order valence-corrected chi connectivity index (χ1v) is 6.93. The fourth-order valence-corrected chi connectivity index (χ4v) is 1.83. The van der Waals surface area contributed by atoms with E-state index in [0.717, 1.165) is 5.56 Å². The van der Waals surface area contributed by atoms with Gasteiger partial charge in [-0.05, 0) is 30.7 Å². The van der Waals surface area contributed by atoms with Gasteiger partial charge in [-0.3, -0.25) is 9.59 Å². The van der Waals surface area contributed by atoms with Crippen molar-refractivity contribution in [2.45, 2.75) is 6.92 Å². The van der Waals surface area contributed by atoms with Gasteiger partial charge in [0, 0.05) is 17.6 Å². The van der Waals surface area contributed by atoms with E-state index >= 15 is 0 Å². The first-order valence-electron chi connectivity index (χ1n) is 6.56. The number of benzene rings is 1. The first kappa shape index (κ1) is 17.0. The van der Waals surface area contributed by atoms with Crippen molar-refractivity contribution < 1.29 is 14.3 Å². The number of carbonyl (C=O) groups excluding carboxylic acids is 2. The Labute approximate surface area is 129 Å². The van der Waals surface area contributed by atoms with Crippen LogP contribution in [0.3, 0.4) is 0 Å². The normalized spacial score (nSPS) is 10.4. The van der Waals surface area contributed by atoms with Crippen molar-refractivity contribution >= 4 is 29.6 Å². The lowest BCUT2D eigenvalue weighted by atomic mass is 10.2. The van der Waals surface area contributed by atoms with Gasteiger partial charge in [0.25, 0.3) is 0 Å². The molecule has 0 unspecified atom stereocenters. The molecule has 0 bridgehead atoms. The Morgan fingerprint density at radius 3 is 2.81 bits per heavy atom. The second-order valence-corrected chi connectivity index (χ2v) is 4.64. The van der Waals surface area contributed by atoms with Crippen LogP contribution in [0.4, 0.5) is 0 Å². The van der Waals surface area contributed by atoms with Gasteiger partial charge in [-0.2, -0.15) is 0 Å². The molecule has 0 saturated heterocycles. The fraction of sp³-hybridized carbons (Fsp3) is 0.250. The van der Waals surface area contributed by atoms with E-state index in [-0.39, 0.29) is 25.6 Å². The maximum absolute atomic E-state index is 12.1. The predicted octanol–water partition coefficient (Wildman–Crippen LogP) is 2.93. The highest BCUT2D eigenvalue weighted by molar-refractivity contribution is 6.30. The Balaban J connectivity index is 2.72. The molecular weight excluding hydrogens is 290 g/mol. The van der Waals surface area contributed by atoms with Gasteiger partial charge >= 0.3 is 5.97 Å². The van der Waals surface area contributed by atoms with Crippen molar-refractivity contribution in [1.29, 1.82) is 0 Å². The van der Waals surface area contributed by atoms with E-state index in [2.05, 4.69) is 6.58 Å². The summed E-state index contributed by atoms with van der Waals surface area (Å²) in [6, 6.07) is 7.13. The SMILES string of the molecule is C=CCN(CC(=O)OCC)C(=O)/C=C/c1cccc(Cl)c1. The van der Waals surface area contributed by atoms with Gasteiger partial charge in [0.1, 0.15) is 6.54 Å². The molecular formula is C16H18ClNO3. The lowest BCUT2D eigenvalue weighted by molar-refractivity contribution is -0.147. The van der Waals surface area contributed by atoms with Crippen LogP contribution in [0.15, 0.2) is 43.0 Å². The number of hydrogen-bond acceptors (Lipinski definition) is 3. The largest absolute Gasteiger partial charge is 0.465 e. The van der Waals surface area contributed by atoms with Crippen molar-refractivity contribution in [3.8, 4) is 0 Å². The van der Waals surface area contributed by atoms with E-state index in [9.17, 15) is 9.59 Å². The number of carbonyl (C=O) groups is 2. The van der Waals surface area contributed by atoms with Crippen LogP contribution in [0.5, 0.6) is 0 Å². The summed E-state index contributed by atoms with van der Waals surface area (Å²) in [6.45, 7) is 5.76. The van der Waals surface area contributed by atoms with Crippen LogP contribution in [0.25, 0.3) is 6.08 Å². The third-order valence-corrected chi connectivity index (χ3v) is 2.79. The van der Waals surface area contributed by atoms with Gasteiger partial charge in [-0.25, -0.2) is 0 Å². The predicted molar refractivity (Wildman–Crippen MR) is 83.9 cm³/mol. The van der Waals surface area contributed by atoms with Crippen LogP contribution in [0, 0.1) is 0 Å². The smallest absolute Gasteiger partial charge is 0.325 e. The molecule has 0 spiro atoms. The van der Waals surface area contributed by atoms with E-state index in [0.29, 0.717) is 5.02 Å². The monoisotopic (exact) mass is 307 g/mol. The Hall–Kier alpha value is -2.07. The second kappa shape index (κ2) is 8.97. The minimum atomic E-state index is -0.441. The minimum Gasteiger partial charge on any atom is -0.465 e. The summed E-state index contributed by atoms with van der Waals surface area (Å²) in [7, 11) is 0. The first-order chi connectivity index (χ1) is 10.1. The molecule has 0 aliphatic carbocycles. The molecule has 21 heavy (non-hydrogen) atoms. The van der Waals surface area contributed by atoms with Crippen LogP contribution in [-0.4, -0.2) is 36.5 Å². The van der Waals surface area contributed by atoms with E-state index in [1.165, 1.54) is 11.0 Å². The third-order valence-electron chi connectivity index (χ3n) is 2.55. The van der Waals surface area contributed by atoms with Crippen LogP contribution in [0.1, 0.15) is 12.5 Å². The Morgan fingerprint density at radius 1 is 1.43 bits per heavy atom. The van der Waals surface area contributed by atoms with Gasteiger partial charge in [0.2, 0.25) is 5.91 Å². The average molecular weight is 308 g/mol. The molecule has 112 valence electrons. The number of ether oxygens (including phenoxy) is 1. The van der Waals surface area contributed by atoms with Crippen LogP contribution in [0.2, 0.25) is 5.02 Å². The Kier molecular flexibility index (Phi) is 7.26. The zero-order valence-corrected chi connectivity index (χ0v) is 12.7. The van der Waals surface area contributed by atoms with E-state index in [1.54, 1.807) is 37.3 Å². The highest BCUT2D eigenvalue weighted by Gasteiger charge is 2.14. The van der Waals surface area contributed by atoms with Crippen LogP contribution >= 0.6 is 11.6 Å². The number of rotatable bonds is 7. The van der Waals surface area contributed by atoms with Crippen LogP contribution < -0.4 is 0 Å². The lowest BCUT2D eigenvalue weighted by Gasteiger charge is -2.18. The highest BCUT2D eigenvalue weighted by Crippen LogP contribution is 2.12. The fourth-order valence-electron chi connectivity index (χ4n) is 1.63. The van der Waals surface area contributed by atoms with Crippen molar-refractivity contribution in [3.63, 3.8) is 0 Å². The van der Waals surface area contributed by atoms with Gasteiger partial charge < -0.3 is 9.64 Å². The molecule has 1 aromatic carbocycles. The number of esters is 1. The molecule has 1 aromatic rings. The standard InChI is InChI=1S/C16H18ClNO3/c1-3-10-18(12-16(20)21-4-2)15(19)9-8-13-6-5-7-14(17)11-13/h3,5-9,11H,1,4,10,12H2,2H3/b9-8+. The zero-order chi connectivity index (χ0) is 15.7. The summed E-state index contributed by atoms with van der Waals surface area (Å²) in [5.74, 6) is -0.730. The van der Waals surface area contributed by atoms with Crippen molar-refractivity contribution in [2.24, 2.45) is 0 Å². The summed E-state index contributed by atoms with van der Waals surface area (Å²) >= 11 is 5.87. The molecule has 0 aliphatic rings. The molecule has 0 N–H and O–H groups in total. The van der Waals surface area contributed by atoms with E-state index in [1.807, 2.05) is 6.07 Å². The average Bonchev–Trinajstić information content (AvgIpc) is 2.44. The maximum atomic E-state index is 12.1. The molecule has 0 saturated carbocycles. The lowest BCUT2D eigenvalue weighted by Crippen LogP contribution is -2.35. The summed E-state index contributed by atoms with van der Waals surface area (Å²) in [5.41, 5.74) is 0.811. The Morgan fingerprint density at radius 2 is 2.19 bits per heavy atom.